The highest BCUT2D eigenvalue weighted by Crippen LogP contribution is 2.37. The minimum Gasteiger partial charge on any atom is -0.330 e. The molecule has 0 saturated heterocycles. The summed E-state index contributed by atoms with van der Waals surface area (Å²) in [6.45, 7) is 3.18. The maximum Gasteiger partial charge on any atom is -0.00746 e. The van der Waals surface area contributed by atoms with Gasteiger partial charge in [0.05, 0.1) is 0 Å². The maximum absolute atomic E-state index is 5.40. The molecule has 0 amide bonds. The summed E-state index contributed by atoms with van der Waals surface area (Å²) in [6, 6.07) is 0. The van der Waals surface area contributed by atoms with Crippen LogP contribution in [0.4, 0.5) is 0 Å². The molecule has 1 atom stereocenters. The molecule has 0 aliphatic heterocycles. The van der Waals surface area contributed by atoms with Crippen molar-refractivity contribution in [2.24, 2.45) is 17.6 Å². The third-order valence-electron chi connectivity index (χ3n) is 2.05. The Morgan fingerprint density at radius 3 is 2.62 bits per heavy atom. The Labute approximate surface area is 51.3 Å². The lowest BCUT2D eigenvalue weighted by Gasteiger charge is -2.05. The van der Waals surface area contributed by atoms with Crippen molar-refractivity contribution in [3.63, 3.8) is 0 Å². The van der Waals surface area contributed by atoms with Gasteiger partial charge in [0, 0.05) is 0 Å². The fourth-order valence-electron chi connectivity index (χ4n) is 1.16. The second-order valence-electron chi connectivity index (χ2n) is 2.89. The van der Waals surface area contributed by atoms with E-state index in [9.17, 15) is 0 Å². The van der Waals surface area contributed by atoms with Gasteiger partial charge in [-0.3, -0.25) is 0 Å². The molecule has 2 N–H and O–H groups in total. The first-order valence-corrected chi connectivity index (χ1v) is 3.54. The van der Waals surface area contributed by atoms with E-state index in [0.717, 1.165) is 18.4 Å². The van der Waals surface area contributed by atoms with Gasteiger partial charge >= 0.3 is 0 Å². The van der Waals surface area contributed by atoms with Crippen molar-refractivity contribution in [1.82, 2.24) is 0 Å². The average Bonchev–Trinajstić information content (AvgIpc) is 2.45. The molecule has 1 aliphatic rings. The van der Waals surface area contributed by atoms with Crippen molar-refractivity contribution in [1.29, 1.82) is 0 Å². The monoisotopic (exact) mass is 113 g/mol. The Hall–Kier alpha value is -0.0400. The van der Waals surface area contributed by atoms with Crippen LogP contribution in [0, 0.1) is 11.8 Å². The van der Waals surface area contributed by atoms with Gasteiger partial charge in [-0.05, 0) is 37.6 Å². The zero-order valence-electron chi connectivity index (χ0n) is 5.56. The molecule has 1 rings (SSSR count). The van der Waals surface area contributed by atoms with E-state index in [0.29, 0.717) is 0 Å². The Bertz CT molecular complexity index is 66.8. The van der Waals surface area contributed by atoms with Gasteiger partial charge in [-0.15, -0.1) is 0 Å². The standard InChI is InChI=1S/C7H15N/c1-6(4-5-8)7-2-3-7/h6-7H,2-5,8H2,1H3. The van der Waals surface area contributed by atoms with Crippen molar-refractivity contribution >= 4 is 0 Å². The van der Waals surface area contributed by atoms with Crippen LogP contribution >= 0.6 is 0 Å². The summed E-state index contributed by atoms with van der Waals surface area (Å²) < 4.78 is 0. The second-order valence-corrected chi connectivity index (χ2v) is 2.89. The third-order valence-corrected chi connectivity index (χ3v) is 2.05. The van der Waals surface area contributed by atoms with Crippen LogP contribution in [0.1, 0.15) is 26.2 Å². The summed E-state index contributed by atoms with van der Waals surface area (Å²) in [5.74, 6) is 1.94. The van der Waals surface area contributed by atoms with Crippen molar-refractivity contribution in [3.05, 3.63) is 0 Å². The number of hydrogen-bond donors (Lipinski definition) is 1. The van der Waals surface area contributed by atoms with Crippen molar-refractivity contribution in [2.75, 3.05) is 6.54 Å². The number of rotatable bonds is 3. The van der Waals surface area contributed by atoms with Gasteiger partial charge in [-0.1, -0.05) is 6.92 Å². The average molecular weight is 113 g/mol. The van der Waals surface area contributed by atoms with E-state index in [1.807, 2.05) is 0 Å². The molecule has 1 heteroatoms. The number of hydrogen-bond acceptors (Lipinski definition) is 1. The number of nitrogens with two attached hydrogens (primary N) is 1. The molecule has 0 spiro atoms. The molecular weight excluding hydrogens is 98.1 g/mol. The molecule has 1 fully saturated rings. The van der Waals surface area contributed by atoms with Crippen LogP contribution in [0.3, 0.4) is 0 Å². The lowest BCUT2D eigenvalue weighted by Crippen LogP contribution is -2.06. The van der Waals surface area contributed by atoms with Gasteiger partial charge in [0.1, 0.15) is 0 Å². The van der Waals surface area contributed by atoms with Gasteiger partial charge < -0.3 is 5.73 Å². The van der Waals surface area contributed by atoms with Gasteiger partial charge in [0.2, 0.25) is 0 Å². The van der Waals surface area contributed by atoms with E-state index in [4.69, 9.17) is 5.73 Å². The van der Waals surface area contributed by atoms with Crippen LogP contribution < -0.4 is 5.73 Å². The summed E-state index contributed by atoms with van der Waals surface area (Å²) in [5.41, 5.74) is 5.40. The Morgan fingerprint density at radius 1 is 1.62 bits per heavy atom. The predicted molar refractivity (Wildman–Crippen MR) is 35.6 cm³/mol. The smallest absolute Gasteiger partial charge is 0.00746 e. The fraction of sp³-hybridized carbons (Fsp3) is 1.00. The predicted octanol–water partition coefficient (Wildman–Crippen LogP) is 1.38. The van der Waals surface area contributed by atoms with Gasteiger partial charge in [0.25, 0.3) is 0 Å². The van der Waals surface area contributed by atoms with Crippen LogP contribution in [0.25, 0.3) is 0 Å². The lowest BCUT2D eigenvalue weighted by molar-refractivity contribution is 0.477. The summed E-state index contributed by atoms with van der Waals surface area (Å²) in [6.07, 6.45) is 4.15. The molecule has 8 heavy (non-hydrogen) atoms. The van der Waals surface area contributed by atoms with Gasteiger partial charge in [-0.2, -0.15) is 0 Å². The summed E-state index contributed by atoms with van der Waals surface area (Å²) >= 11 is 0. The molecule has 0 heterocycles. The molecule has 1 unspecified atom stereocenters. The molecule has 1 nitrogen and oxygen atoms in total. The largest absolute Gasteiger partial charge is 0.330 e. The Balaban J connectivity index is 2.03. The van der Waals surface area contributed by atoms with Crippen molar-refractivity contribution in [3.8, 4) is 0 Å². The normalized spacial score (nSPS) is 23.2. The summed E-state index contributed by atoms with van der Waals surface area (Å²) in [7, 11) is 0. The van der Waals surface area contributed by atoms with Crippen LogP contribution in [-0.4, -0.2) is 6.54 Å². The summed E-state index contributed by atoms with van der Waals surface area (Å²) in [4.78, 5) is 0. The van der Waals surface area contributed by atoms with E-state index in [2.05, 4.69) is 6.92 Å². The van der Waals surface area contributed by atoms with Crippen LogP contribution in [0.15, 0.2) is 0 Å². The van der Waals surface area contributed by atoms with E-state index in [-0.39, 0.29) is 0 Å². The minimum absolute atomic E-state index is 0.873. The highest BCUT2D eigenvalue weighted by atomic mass is 14.5. The third kappa shape index (κ3) is 1.48. The minimum atomic E-state index is 0.873. The summed E-state index contributed by atoms with van der Waals surface area (Å²) in [5, 5.41) is 0. The highest BCUT2D eigenvalue weighted by molar-refractivity contribution is 4.78. The van der Waals surface area contributed by atoms with E-state index < -0.39 is 0 Å². The Kier molecular flexibility index (Phi) is 1.90. The first kappa shape index (κ1) is 6.09. The van der Waals surface area contributed by atoms with Gasteiger partial charge in [-0.25, -0.2) is 0 Å². The van der Waals surface area contributed by atoms with Gasteiger partial charge in [0.15, 0.2) is 0 Å². The van der Waals surface area contributed by atoms with Crippen LogP contribution in [0.5, 0.6) is 0 Å². The van der Waals surface area contributed by atoms with Crippen molar-refractivity contribution in [2.45, 2.75) is 26.2 Å². The molecule has 48 valence electrons. The first-order chi connectivity index (χ1) is 3.84. The maximum atomic E-state index is 5.40. The van der Waals surface area contributed by atoms with Crippen LogP contribution in [-0.2, 0) is 0 Å². The molecule has 0 radical (unpaired) electrons. The molecule has 1 saturated carbocycles. The highest BCUT2D eigenvalue weighted by Gasteiger charge is 2.26. The molecule has 1 aliphatic carbocycles. The van der Waals surface area contributed by atoms with Crippen LogP contribution in [0.2, 0.25) is 0 Å². The molecular formula is C7H15N. The zero-order chi connectivity index (χ0) is 5.98. The zero-order valence-corrected chi connectivity index (χ0v) is 5.56. The first-order valence-electron chi connectivity index (χ1n) is 3.54. The van der Waals surface area contributed by atoms with Crippen molar-refractivity contribution < 1.29 is 0 Å². The molecule has 0 bridgehead atoms. The molecule has 0 aromatic heterocycles. The van der Waals surface area contributed by atoms with E-state index in [1.165, 1.54) is 19.3 Å². The lowest BCUT2D eigenvalue weighted by atomic mass is 10.0. The molecule has 0 aromatic rings. The van der Waals surface area contributed by atoms with E-state index in [1.54, 1.807) is 0 Å². The Morgan fingerprint density at radius 2 is 2.25 bits per heavy atom. The molecule has 0 aromatic carbocycles. The quantitative estimate of drug-likeness (QED) is 0.588. The van der Waals surface area contributed by atoms with E-state index >= 15 is 0 Å². The second kappa shape index (κ2) is 2.49. The fourth-order valence-corrected chi connectivity index (χ4v) is 1.16. The SMILES string of the molecule is CC(CCN)C1CC1. The topological polar surface area (TPSA) is 26.0 Å².